The minimum absolute atomic E-state index is 0. The van der Waals surface area contributed by atoms with Crippen molar-refractivity contribution in [1.29, 1.82) is 0 Å². The number of carbonyl (C=O) groups excluding carboxylic acids is 3. The van der Waals surface area contributed by atoms with Gasteiger partial charge >= 0.3 is 17.9 Å². The van der Waals surface area contributed by atoms with E-state index in [2.05, 4.69) is 37.9 Å². The monoisotopic (exact) mass is 565 g/mol. The van der Waals surface area contributed by atoms with Gasteiger partial charge in [-0.3, -0.25) is 14.4 Å². The van der Waals surface area contributed by atoms with E-state index in [4.69, 9.17) is 14.2 Å². The summed E-state index contributed by atoms with van der Waals surface area (Å²) in [5.41, 5.74) is 0. The van der Waals surface area contributed by atoms with E-state index < -0.39 is 0 Å². The van der Waals surface area contributed by atoms with Gasteiger partial charge in [0.05, 0.1) is 37.1 Å². The fourth-order valence-corrected chi connectivity index (χ4v) is 1.19. The van der Waals surface area contributed by atoms with Gasteiger partial charge < -0.3 is 14.2 Å². The van der Waals surface area contributed by atoms with Crippen LogP contribution in [0.5, 0.6) is 0 Å². The molecule has 167 valence electrons. The third kappa shape index (κ3) is 37.1. The second kappa shape index (κ2) is 25.3. The van der Waals surface area contributed by atoms with Crippen molar-refractivity contribution in [2.24, 2.45) is 17.8 Å². The minimum Gasteiger partial charge on any atom is -0.465 e. The standard InChI is InChI=1S/3C6H12O2S.Sb/c3*1-5(2)3-8-6(7)4-9;/h3*5,9H,3-4H2,1-2H3;. The largest absolute Gasteiger partial charge is 0.465 e. The van der Waals surface area contributed by atoms with Gasteiger partial charge in [0.25, 0.3) is 0 Å². The van der Waals surface area contributed by atoms with Gasteiger partial charge in [-0.25, -0.2) is 0 Å². The van der Waals surface area contributed by atoms with Gasteiger partial charge in [0.1, 0.15) is 0 Å². The molecule has 0 amide bonds. The Morgan fingerprint density at radius 1 is 0.571 bits per heavy atom. The predicted molar refractivity (Wildman–Crippen MR) is 125 cm³/mol. The summed E-state index contributed by atoms with van der Waals surface area (Å²) in [7, 11) is 0. The van der Waals surface area contributed by atoms with Crippen molar-refractivity contribution in [2.75, 3.05) is 37.1 Å². The van der Waals surface area contributed by atoms with E-state index in [0.717, 1.165) is 0 Å². The molecule has 0 rings (SSSR count). The van der Waals surface area contributed by atoms with Crippen LogP contribution in [-0.2, 0) is 28.6 Å². The Hall–Kier alpha value is 0.278. The molecule has 0 aliphatic carbocycles. The molecule has 0 heterocycles. The smallest absolute Gasteiger partial charge is 0.315 e. The summed E-state index contributed by atoms with van der Waals surface area (Å²) in [6, 6.07) is 0. The summed E-state index contributed by atoms with van der Waals surface area (Å²) >= 11 is 11.2. The summed E-state index contributed by atoms with van der Waals surface area (Å²) in [6.07, 6.45) is 0. The predicted octanol–water partition coefficient (Wildman–Crippen LogP) is 2.97. The molecule has 0 aliphatic heterocycles. The number of rotatable bonds is 9. The molecule has 0 aromatic carbocycles. The molecule has 6 nitrogen and oxygen atoms in total. The van der Waals surface area contributed by atoms with Gasteiger partial charge in [0.15, 0.2) is 0 Å². The van der Waals surface area contributed by atoms with E-state index in [0.29, 0.717) is 37.6 Å². The molecular weight excluding hydrogens is 530 g/mol. The third-order valence-corrected chi connectivity index (χ3v) is 2.89. The van der Waals surface area contributed by atoms with E-state index in [-0.39, 0.29) is 59.6 Å². The van der Waals surface area contributed by atoms with Crippen LogP contribution in [0, 0.1) is 17.8 Å². The van der Waals surface area contributed by atoms with Crippen LogP contribution in [-0.4, -0.2) is 79.4 Å². The molecule has 0 saturated carbocycles. The quantitative estimate of drug-likeness (QED) is 0.173. The molecule has 0 aromatic heterocycles. The molecule has 28 heavy (non-hydrogen) atoms. The Morgan fingerprint density at radius 2 is 0.750 bits per heavy atom. The SMILES string of the molecule is CC(C)COC(=O)CS.CC(C)COC(=O)CS.CC(C)COC(=O)CS.[Sb]. The Labute approximate surface area is 204 Å². The van der Waals surface area contributed by atoms with Gasteiger partial charge in [-0.05, 0) is 17.8 Å². The Kier molecular flexibility index (Phi) is 32.3. The Balaban J connectivity index is -0.000000152. The topological polar surface area (TPSA) is 78.9 Å². The second-order valence-electron chi connectivity index (χ2n) is 6.70. The first-order valence-corrected chi connectivity index (χ1v) is 10.7. The molecule has 0 bridgehead atoms. The summed E-state index contributed by atoms with van der Waals surface area (Å²) in [4.78, 5) is 31.3. The minimum atomic E-state index is -0.243. The van der Waals surface area contributed by atoms with Crippen molar-refractivity contribution in [2.45, 2.75) is 41.5 Å². The van der Waals surface area contributed by atoms with Gasteiger partial charge in [-0.2, -0.15) is 37.9 Å². The molecule has 0 aliphatic rings. The maximum atomic E-state index is 10.4. The van der Waals surface area contributed by atoms with Crippen LogP contribution in [0.15, 0.2) is 0 Å². The molecule has 3 radical (unpaired) electrons. The van der Waals surface area contributed by atoms with Gasteiger partial charge in [-0.15, -0.1) is 0 Å². The molecule has 0 aromatic rings. The average Bonchev–Trinajstić information content (AvgIpc) is 2.62. The van der Waals surface area contributed by atoms with Crippen molar-refractivity contribution in [3.63, 3.8) is 0 Å². The molecular formula is C18H36O6S3Sb. The molecule has 0 fully saturated rings. The van der Waals surface area contributed by atoms with E-state index in [9.17, 15) is 14.4 Å². The number of esters is 3. The van der Waals surface area contributed by atoms with Crippen LogP contribution in [0.25, 0.3) is 0 Å². The average molecular weight is 566 g/mol. The van der Waals surface area contributed by atoms with Crippen LogP contribution >= 0.6 is 37.9 Å². The number of carbonyl (C=O) groups is 3. The molecule has 0 saturated heterocycles. The molecule has 0 unspecified atom stereocenters. The van der Waals surface area contributed by atoms with Gasteiger partial charge in [-0.1, -0.05) is 41.5 Å². The van der Waals surface area contributed by atoms with Crippen LogP contribution in [0.4, 0.5) is 0 Å². The molecule has 10 heteroatoms. The maximum absolute atomic E-state index is 10.4. The van der Waals surface area contributed by atoms with Gasteiger partial charge in [0, 0.05) is 24.4 Å². The number of ether oxygens (including phenoxy) is 3. The van der Waals surface area contributed by atoms with E-state index in [1.807, 2.05) is 41.5 Å². The van der Waals surface area contributed by atoms with Crippen LogP contribution in [0.1, 0.15) is 41.5 Å². The van der Waals surface area contributed by atoms with Crippen molar-refractivity contribution < 1.29 is 28.6 Å². The zero-order chi connectivity index (χ0) is 21.8. The molecule has 0 spiro atoms. The van der Waals surface area contributed by atoms with Crippen LogP contribution in [0.2, 0.25) is 0 Å². The zero-order valence-corrected chi connectivity index (χ0v) is 22.9. The van der Waals surface area contributed by atoms with Gasteiger partial charge in [0.2, 0.25) is 0 Å². The number of thiol groups is 3. The second-order valence-corrected chi connectivity index (χ2v) is 7.65. The summed E-state index contributed by atoms with van der Waals surface area (Å²) in [5.74, 6) is 1.02. The Bertz CT molecular complexity index is 336. The van der Waals surface area contributed by atoms with Crippen molar-refractivity contribution in [1.82, 2.24) is 0 Å². The first-order chi connectivity index (χ1) is 12.5. The van der Waals surface area contributed by atoms with Crippen molar-refractivity contribution in [3.05, 3.63) is 0 Å². The molecule has 0 atom stereocenters. The Morgan fingerprint density at radius 3 is 0.857 bits per heavy atom. The van der Waals surface area contributed by atoms with E-state index >= 15 is 0 Å². The summed E-state index contributed by atoms with van der Waals surface area (Å²) in [5, 5.41) is 0. The fourth-order valence-electron chi connectivity index (χ4n) is 0.916. The normalized spacial score (nSPS) is 9.43. The van der Waals surface area contributed by atoms with E-state index in [1.165, 1.54) is 0 Å². The summed E-state index contributed by atoms with van der Waals surface area (Å²) in [6.45, 7) is 13.4. The van der Waals surface area contributed by atoms with Crippen molar-refractivity contribution >= 4 is 80.2 Å². The fraction of sp³-hybridized carbons (Fsp3) is 0.833. The first kappa shape index (κ1) is 35.7. The zero-order valence-electron chi connectivity index (χ0n) is 17.7. The number of hydrogen-bond donors (Lipinski definition) is 3. The summed E-state index contributed by atoms with van der Waals surface area (Å²) < 4.78 is 14.2. The third-order valence-electron chi connectivity index (χ3n) is 2.12. The van der Waals surface area contributed by atoms with Crippen LogP contribution in [0.3, 0.4) is 0 Å². The van der Waals surface area contributed by atoms with Crippen LogP contribution < -0.4 is 0 Å². The maximum Gasteiger partial charge on any atom is 0.315 e. The van der Waals surface area contributed by atoms with Crippen molar-refractivity contribution in [3.8, 4) is 0 Å². The molecule has 0 N–H and O–H groups in total. The van der Waals surface area contributed by atoms with E-state index in [1.54, 1.807) is 0 Å². The first-order valence-electron chi connectivity index (χ1n) is 8.79. The number of hydrogen-bond acceptors (Lipinski definition) is 9.